The van der Waals surface area contributed by atoms with E-state index in [2.05, 4.69) is 30.7 Å². The maximum Gasteiger partial charge on any atom is 0.433 e. The molecular weight excluding hydrogens is 407 g/mol. The molecule has 1 atom stereocenters. The number of hydrogen-bond acceptors (Lipinski definition) is 6. The minimum atomic E-state index is -4.46. The number of nitrogens with two attached hydrogens (primary N) is 1. The topological polar surface area (TPSA) is 105 Å². The van der Waals surface area contributed by atoms with E-state index in [-0.39, 0.29) is 5.92 Å². The molecule has 0 saturated carbocycles. The van der Waals surface area contributed by atoms with Gasteiger partial charge in [-0.2, -0.15) is 13.2 Å². The number of anilines is 1. The number of benzene rings is 1. The van der Waals surface area contributed by atoms with Gasteiger partial charge in [-0.25, -0.2) is 10.1 Å². The van der Waals surface area contributed by atoms with Crippen molar-refractivity contribution >= 4 is 17.0 Å². The molecule has 0 amide bonds. The molecule has 1 unspecified atom stereocenters. The molecule has 1 aromatic carbocycles. The molecule has 10 heteroatoms. The Balaban J connectivity index is 1.51. The summed E-state index contributed by atoms with van der Waals surface area (Å²) in [6, 6.07) is 14.3. The summed E-state index contributed by atoms with van der Waals surface area (Å²) in [7, 11) is 0. The van der Waals surface area contributed by atoms with Crippen molar-refractivity contribution < 1.29 is 13.2 Å². The molecule has 3 heterocycles. The molecule has 4 N–H and O–H groups in total. The minimum Gasteiger partial charge on any atom is -0.384 e. The van der Waals surface area contributed by atoms with Crippen LogP contribution >= 0.6 is 0 Å². The predicted octanol–water partition coefficient (Wildman–Crippen LogP) is 3.66. The second-order valence-electron chi connectivity index (χ2n) is 7.12. The number of nitrogens with zero attached hydrogens (tertiary/aromatic N) is 4. The van der Waals surface area contributed by atoms with Gasteiger partial charge in [-0.15, -0.1) is 5.10 Å². The van der Waals surface area contributed by atoms with Gasteiger partial charge in [0.15, 0.2) is 5.65 Å². The van der Waals surface area contributed by atoms with E-state index in [1.54, 1.807) is 12.1 Å². The number of halogens is 3. The van der Waals surface area contributed by atoms with E-state index in [9.17, 15) is 13.2 Å². The number of aromatic amines is 1. The van der Waals surface area contributed by atoms with Crippen molar-refractivity contribution in [2.24, 2.45) is 0 Å². The molecule has 4 aromatic rings. The molecule has 3 aromatic heterocycles. The van der Waals surface area contributed by atoms with Gasteiger partial charge in [0, 0.05) is 18.7 Å². The summed E-state index contributed by atoms with van der Waals surface area (Å²) in [5.41, 5.74) is 8.73. The molecule has 7 nitrogen and oxygen atoms in total. The Morgan fingerprint density at radius 3 is 2.68 bits per heavy atom. The van der Waals surface area contributed by atoms with Gasteiger partial charge in [0.1, 0.15) is 17.0 Å². The number of nitrogens with one attached hydrogen (secondary N) is 2. The smallest absolute Gasteiger partial charge is 0.384 e. The summed E-state index contributed by atoms with van der Waals surface area (Å²) >= 11 is 0. The fourth-order valence-corrected chi connectivity index (χ4v) is 3.56. The summed E-state index contributed by atoms with van der Waals surface area (Å²) in [6.07, 6.45) is -2.61. The van der Waals surface area contributed by atoms with Crippen molar-refractivity contribution in [3.05, 3.63) is 77.1 Å². The van der Waals surface area contributed by atoms with Gasteiger partial charge < -0.3 is 11.1 Å². The second kappa shape index (κ2) is 8.68. The third-order valence-electron chi connectivity index (χ3n) is 4.98. The van der Waals surface area contributed by atoms with E-state index in [0.29, 0.717) is 42.1 Å². The standard InChI is InChI=1S/C21H20F3N7/c22-21(23,24)17-10-13(6-9-27-17)12-26-8-7-15(14-4-2-1-3-5-14)16-11-18(25)28-20-19(16)29-31-30-20/h1-6,9-11,15,26H,7-8,12H2,(H3,25,28,29,30,31). The lowest BCUT2D eigenvalue weighted by molar-refractivity contribution is -0.141. The van der Waals surface area contributed by atoms with Crippen LogP contribution in [-0.4, -0.2) is 31.9 Å². The zero-order valence-corrected chi connectivity index (χ0v) is 16.4. The lowest BCUT2D eigenvalue weighted by Gasteiger charge is -2.19. The summed E-state index contributed by atoms with van der Waals surface area (Å²) < 4.78 is 38.6. The van der Waals surface area contributed by atoms with Crippen LogP contribution in [0.5, 0.6) is 0 Å². The molecule has 0 aliphatic carbocycles. The number of pyridine rings is 2. The first kappa shape index (κ1) is 20.7. The molecular formula is C21H20F3N7. The Labute approximate surface area is 175 Å². The average Bonchev–Trinajstić information content (AvgIpc) is 3.22. The molecule has 0 radical (unpaired) electrons. The first-order valence-corrected chi connectivity index (χ1v) is 9.67. The number of alkyl halides is 3. The largest absolute Gasteiger partial charge is 0.433 e. The van der Waals surface area contributed by atoms with Crippen molar-refractivity contribution in [3.63, 3.8) is 0 Å². The Morgan fingerprint density at radius 1 is 1.10 bits per heavy atom. The summed E-state index contributed by atoms with van der Waals surface area (Å²) in [5.74, 6) is 0.314. The monoisotopic (exact) mass is 427 g/mol. The van der Waals surface area contributed by atoms with Crippen LogP contribution in [0.1, 0.15) is 34.7 Å². The van der Waals surface area contributed by atoms with Crippen LogP contribution in [0.2, 0.25) is 0 Å². The Morgan fingerprint density at radius 2 is 1.90 bits per heavy atom. The van der Waals surface area contributed by atoms with Gasteiger partial charge in [0.2, 0.25) is 0 Å². The van der Waals surface area contributed by atoms with Crippen molar-refractivity contribution in [2.75, 3.05) is 12.3 Å². The number of nitrogen functional groups attached to an aromatic ring is 1. The van der Waals surface area contributed by atoms with Gasteiger partial charge in [-0.05, 0) is 47.9 Å². The highest BCUT2D eigenvalue weighted by molar-refractivity contribution is 5.77. The van der Waals surface area contributed by atoms with Crippen LogP contribution in [0, 0.1) is 0 Å². The lowest BCUT2D eigenvalue weighted by Crippen LogP contribution is -2.19. The number of hydrogen-bond donors (Lipinski definition) is 3. The lowest BCUT2D eigenvalue weighted by atomic mass is 9.88. The summed E-state index contributed by atoms with van der Waals surface area (Å²) in [4.78, 5) is 7.61. The zero-order valence-electron chi connectivity index (χ0n) is 16.4. The maximum absolute atomic E-state index is 12.9. The Hall–Kier alpha value is -3.53. The highest BCUT2D eigenvalue weighted by Gasteiger charge is 2.32. The van der Waals surface area contributed by atoms with Gasteiger partial charge >= 0.3 is 6.18 Å². The molecule has 4 rings (SSSR count). The first-order valence-electron chi connectivity index (χ1n) is 9.67. The number of rotatable bonds is 7. The van der Waals surface area contributed by atoms with Gasteiger partial charge in [0.05, 0.1) is 0 Å². The van der Waals surface area contributed by atoms with Crippen LogP contribution in [0.15, 0.2) is 54.7 Å². The summed E-state index contributed by atoms with van der Waals surface area (Å²) in [5, 5.41) is 14.0. The van der Waals surface area contributed by atoms with Crippen LogP contribution in [-0.2, 0) is 12.7 Å². The molecule has 0 spiro atoms. The van der Waals surface area contributed by atoms with E-state index in [1.165, 1.54) is 6.20 Å². The van der Waals surface area contributed by atoms with Gasteiger partial charge in [-0.1, -0.05) is 35.5 Å². The average molecular weight is 427 g/mol. The number of H-pyrrole nitrogens is 1. The van der Waals surface area contributed by atoms with Crippen molar-refractivity contribution in [1.82, 2.24) is 30.7 Å². The van der Waals surface area contributed by atoms with Gasteiger partial charge in [0.25, 0.3) is 0 Å². The highest BCUT2D eigenvalue weighted by atomic mass is 19.4. The van der Waals surface area contributed by atoms with Crippen LogP contribution in [0.25, 0.3) is 11.2 Å². The third-order valence-corrected chi connectivity index (χ3v) is 4.98. The highest BCUT2D eigenvalue weighted by Crippen LogP contribution is 2.32. The van der Waals surface area contributed by atoms with E-state index >= 15 is 0 Å². The van der Waals surface area contributed by atoms with E-state index in [1.807, 2.05) is 30.3 Å². The van der Waals surface area contributed by atoms with Crippen molar-refractivity contribution in [1.29, 1.82) is 0 Å². The molecule has 0 saturated heterocycles. The molecule has 160 valence electrons. The molecule has 0 aliphatic rings. The van der Waals surface area contributed by atoms with Crippen molar-refractivity contribution in [2.45, 2.75) is 25.1 Å². The van der Waals surface area contributed by atoms with Crippen molar-refractivity contribution in [3.8, 4) is 0 Å². The SMILES string of the molecule is Nc1cc(C(CCNCc2ccnc(C(F)(F)F)c2)c2ccccc2)c2nn[nH]c2n1. The molecule has 0 aliphatic heterocycles. The van der Waals surface area contributed by atoms with Gasteiger partial charge in [-0.3, -0.25) is 4.98 Å². The maximum atomic E-state index is 12.9. The van der Waals surface area contributed by atoms with E-state index in [0.717, 1.165) is 17.2 Å². The van der Waals surface area contributed by atoms with Crippen LogP contribution in [0.3, 0.4) is 0 Å². The van der Waals surface area contributed by atoms with Crippen LogP contribution in [0.4, 0.5) is 19.0 Å². The normalized spacial score (nSPS) is 12.9. The van der Waals surface area contributed by atoms with Crippen LogP contribution < -0.4 is 11.1 Å². The quantitative estimate of drug-likeness (QED) is 0.389. The Kier molecular flexibility index (Phi) is 5.81. The molecule has 31 heavy (non-hydrogen) atoms. The molecule has 0 fully saturated rings. The second-order valence-corrected chi connectivity index (χ2v) is 7.12. The predicted molar refractivity (Wildman–Crippen MR) is 110 cm³/mol. The Bertz CT molecular complexity index is 1160. The third kappa shape index (κ3) is 4.80. The zero-order chi connectivity index (χ0) is 21.8. The first-order chi connectivity index (χ1) is 14.9. The molecule has 0 bridgehead atoms. The van der Waals surface area contributed by atoms with E-state index in [4.69, 9.17) is 5.73 Å². The fraction of sp³-hybridized carbons (Fsp3) is 0.238. The minimum absolute atomic E-state index is 0.0465. The number of aromatic nitrogens is 5. The fourth-order valence-electron chi connectivity index (χ4n) is 3.56. The summed E-state index contributed by atoms with van der Waals surface area (Å²) in [6.45, 7) is 0.857. The number of fused-ring (bicyclic) bond motifs is 1. The van der Waals surface area contributed by atoms with E-state index < -0.39 is 11.9 Å².